The fourth-order valence-corrected chi connectivity index (χ4v) is 2.59. The molecule has 0 aliphatic carbocycles. The van der Waals surface area contributed by atoms with E-state index < -0.39 is 5.97 Å². The predicted octanol–water partition coefficient (Wildman–Crippen LogP) is 3.36. The molecule has 0 saturated carbocycles. The van der Waals surface area contributed by atoms with Gasteiger partial charge in [-0.3, -0.25) is 0 Å². The van der Waals surface area contributed by atoms with Crippen molar-refractivity contribution >= 4 is 28.7 Å². The van der Waals surface area contributed by atoms with Gasteiger partial charge in [0.05, 0.1) is 0 Å². The highest BCUT2D eigenvalue weighted by Crippen LogP contribution is 2.21. The van der Waals surface area contributed by atoms with Crippen LogP contribution < -0.4 is 5.32 Å². The number of hydrogen-bond acceptors (Lipinski definition) is 4. The Morgan fingerprint density at radius 2 is 2.25 bits per heavy atom. The first-order valence-electron chi connectivity index (χ1n) is 6.58. The predicted molar refractivity (Wildman–Crippen MR) is 82.5 cm³/mol. The first kappa shape index (κ1) is 14.9. The smallest absolute Gasteiger partial charge is 0.371 e. The van der Waals surface area contributed by atoms with E-state index in [1.165, 1.54) is 0 Å². The fraction of sp³-hybridized carbons (Fsp3) is 0.400. The Labute approximate surface area is 122 Å². The van der Waals surface area contributed by atoms with E-state index in [2.05, 4.69) is 18.5 Å². The highest BCUT2D eigenvalue weighted by atomic mass is 32.2. The lowest BCUT2D eigenvalue weighted by atomic mass is 10.1. The third-order valence-corrected chi connectivity index (χ3v) is 3.85. The molecule has 108 valence electrons. The van der Waals surface area contributed by atoms with Gasteiger partial charge < -0.3 is 14.8 Å². The van der Waals surface area contributed by atoms with Gasteiger partial charge in [0, 0.05) is 18.0 Å². The summed E-state index contributed by atoms with van der Waals surface area (Å²) in [4.78, 5) is 10.9. The summed E-state index contributed by atoms with van der Waals surface area (Å²) >= 11 is 1.85. The van der Waals surface area contributed by atoms with Crippen LogP contribution >= 0.6 is 11.8 Å². The molecule has 0 amide bonds. The summed E-state index contributed by atoms with van der Waals surface area (Å²) in [6, 6.07) is 7.80. The summed E-state index contributed by atoms with van der Waals surface area (Å²) in [5.41, 5.74) is 1.74. The van der Waals surface area contributed by atoms with E-state index in [9.17, 15) is 4.79 Å². The number of nitrogens with one attached hydrogen (secondary N) is 1. The zero-order chi connectivity index (χ0) is 14.5. The van der Waals surface area contributed by atoms with Crippen molar-refractivity contribution in [2.75, 3.05) is 12.0 Å². The largest absolute Gasteiger partial charge is 0.475 e. The van der Waals surface area contributed by atoms with Crippen molar-refractivity contribution in [2.45, 2.75) is 25.9 Å². The van der Waals surface area contributed by atoms with E-state index in [1.54, 1.807) is 6.07 Å². The van der Waals surface area contributed by atoms with Gasteiger partial charge in [0.1, 0.15) is 5.58 Å². The molecule has 0 bridgehead atoms. The zero-order valence-electron chi connectivity index (χ0n) is 11.7. The normalized spacial score (nSPS) is 12.7. The Kier molecular flexibility index (Phi) is 5.09. The highest BCUT2D eigenvalue weighted by molar-refractivity contribution is 7.98. The monoisotopic (exact) mass is 293 g/mol. The maximum Gasteiger partial charge on any atom is 0.371 e. The topological polar surface area (TPSA) is 62.5 Å². The average molecular weight is 293 g/mol. The Balaban J connectivity index is 2.02. The van der Waals surface area contributed by atoms with Gasteiger partial charge in [0.2, 0.25) is 5.76 Å². The van der Waals surface area contributed by atoms with Crippen LogP contribution in [0.5, 0.6) is 0 Å². The number of benzene rings is 1. The molecule has 2 rings (SSSR count). The van der Waals surface area contributed by atoms with Crippen molar-refractivity contribution in [3.05, 3.63) is 35.6 Å². The van der Waals surface area contributed by atoms with E-state index in [1.807, 2.05) is 30.0 Å². The SMILES string of the molecule is CSCCC(C)NCc1ccc2oc(C(=O)O)cc2c1. The molecule has 0 saturated heterocycles. The van der Waals surface area contributed by atoms with E-state index in [4.69, 9.17) is 9.52 Å². The molecular formula is C15H19NO3S. The van der Waals surface area contributed by atoms with E-state index >= 15 is 0 Å². The molecule has 2 N–H and O–H groups in total. The van der Waals surface area contributed by atoms with Gasteiger partial charge >= 0.3 is 5.97 Å². The molecule has 4 nitrogen and oxygen atoms in total. The van der Waals surface area contributed by atoms with Crippen LogP contribution in [0, 0.1) is 0 Å². The van der Waals surface area contributed by atoms with Crippen LogP contribution in [-0.2, 0) is 6.54 Å². The quantitative estimate of drug-likeness (QED) is 0.819. The molecule has 1 heterocycles. The van der Waals surface area contributed by atoms with E-state index in [0.717, 1.165) is 29.7 Å². The van der Waals surface area contributed by atoms with Crippen LogP contribution in [0.25, 0.3) is 11.0 Å². The Morgan fingerprint density at radius 3 is 2.95 bits per heavy atom. The molecule has 0 aliphatic heterocycles. The number of carbonyl (C=O) groups is 1. The third-order valence-electron chi connectivity index (χ3n) is 3.20. The van der Waals surface area contributed by atoms with Crippen molar-refractivity contribution in [3.63, 3.8) is 0 Å². The minimum atomic E-state index is -1.04. The van der Waals surface area contributed by atoms with Crippen LogP contribution in [0.15, 0.2) is 28.7 Å². The maximum atomic E-state index is 10.9. The van der Waals surface area contributed by atoms with Crippen molar-refractivity contribution in [2.24, 2.45) is 0 Å². The number of furan rings is 1. The van der Waals surface area contributed by atoms with Crippen molar-refractivity contribution < 1.29 is 14.3 Å². The second-order valence-electron chi connectivity index (χ2n) is 4.85. The van der Waals surface area contributed by atoms with Crippen molar-refractivity contribution in [1.29, 1.82) is 0 Å². The van der Waals surface area contributed by atoms with Gasteiger partial charge in [-0.2, -0.15) is 11.8 Å². The van der Waals surface area contributed by atoms with Gasteiger partial charge in [-0.15, -0.1) is 0 Å². The molecule has 5 heteroatoms. The van der Waals surface area contributed by atoms with Crippen LogP contribution in [0.4, 0.5) is 0 Å². The second-order valence-corrected chi connectivity index (χ2v) is 5.84. The minimum Gasteiger partial charge on any atom is -0.475 e. The van der Waals surface area contributed by atoms with Crippen LogP contribution in [-0.4, -0.2) is 29.1 Å². The lowest BCUT2D eigenvalue weighted by Crippen LogP contribution is -2.25. The molecule has 1 atom stereocenters. The summed E-state index contributed by atoms with van der Waals surface area (Å²) in [5.74, 6) is 0.0988. The van der Waals surface area contributed by atoms with E-state index in [0.29, 0.717) is 11.6 Å². The van der Waals surface area contributed by atoms with Gasteiger partial charge in [0.25, 0.3) is 0 Å². The number of hydrogen-bond donors (Lipinski definition) is 2. The molecule has 1 unspecified atom stereocenters. The Morgan fingerprint density at radius 1 is 1.45 bits per heavy atom. The molecule has 2 aromatic rings. The molecule has 0 fully saturated rings. The lowest BCUT2D eigenvalue weighted by molar-refractivity contribution is 0.0665. The minimum absolute atomic E-state index is 0.0153. The number of carboxylic acid groups (broad SMARTS) is 1. The number of fused-ring (bicyclic) bond motifs is 1. The first-order valence-corrected chi connectivity index (χ1v) is 7.97. The summed E-state index contributed by atoms with van der Waals surface area (Å²) in [5, 5.41) is 13.2. The molecule has 20 heavy (non-hydrogen) atoms. The molecular weight excluding hydrogens is 274 g/mol. The molecule has 0 spiro atoms. The van der Waals surface area contributed by atoms with E-state index in [-0.39, 0.29) is 5.76 Å². The Hall–Kier alpha value is -1.46. The second kappa shape index (κ2) is 6.81. The molecule has 0 radical (unpaired) electrons. The highest BCUT2D eigenvalue weighted by Gasteiger charge is 2.10. The van der Waals surface area contributed by atoms with Gasteiger partial charge in [0.15, 0.2) is 0 Å². The molecule has 1 aromatic carbocycles. The Bertz CT molecular complexity index is 594. The third kappa shape index (κ3) is 3.77. The van der Waals surface area contributed by atoms with Crippen molar-refractivity contribution in [1.82, 2.24) is 5.32 Å². The zero-order valence-corrected chi connectivity index (χ0v) is 12.5. The van der Waals surface area contributed by atoms with Gasteiger partial charge in [-0.1, -0.05) is 6.07 Å². The van der Waals surface area contributed by atoms with Gasteiger partial charge in [-0.25, -0.2) is 4.79 Å². The first-order chi connectivity index (χ1) is 9.60. The molecule has 1 aromatic heterocycles. The van der Waals surface area contributed by atoms with Crippen LogP contribution in [0.2, 0.25) is 0 Å². The van der Waals surface area contributed by atoms with Crippen LogP contribution in [0.3, 0.4) is 0 Å². The number of aromatic carboxylic acids is 1. The number of rotatable bonds is 7. The van der Waals surface area contributed by atoms with Crippen LogP contribution in [0.1, 0.15) is 29.5 Å². The van der Waals surface area contributed by atoms with Crippen molar-refractivity contribution in [3.8, 4) is 0 Å². The number of carboxylic acids is 1. The lowest BCUT2D eigenvalue weighted by Gasteiger charge is -2.13. The summed E-state index contributed by atoms with van der Waals surface area (Å²) in [6.45, 7) is 2.95. The number of thioether (sulfide) groups is 1. The summed E-state index contributed by atoms with van der Waals surface area (Å²) in [6.07, 6.45) is 3.25. The maximum absolute atomic E-state index is 10.9. The average Bonchev–Trinajstić information content (AvgIpc) is 2.86. The molecule has 0 aliphatic rings. The fourth-order valence-electron chi connectivity index (χ4n) is 2.00. The summed E-state index contributed by atoms with van der Waals surface area (Å²) < 4.78 is 5.24. The summed E-state index contributed by atoms with van der Waals surface area (Å²) in [7, 11) is 0. The standard InChI is InChI=1S/C15H19NO3S/c1-10(5-6-20-2)16-9-11-3-4-13-12(7-11)8-14(19-13)15(17)18/h3-4,7-8,10,16H,5-6,9H2,1-2H3,(H,17,18). The van der Waals surface area contributed by atoms with Gasteiger partial charge in [-0.05, 0) is 49.1 Å².